The fraction of sp³-hybridized carbons (Fsp3) is 0.154. The predicted octanol–water partition coefficient (Wildman–Crippen LogP) is 1.79. The van der Waals surface area contributed by atoms with E-state index in [0.29, 0.717) is 6.54 Å². The highest BCUT2D eigenvalue weighted by molar-refractivity contribution is 6.02. The Bertz CT molecular complexity index is 713. The maximum atomic E-state index is 13.4. The molecular formula is C13H11F2N3O2. The summed E-state index contributed by atoms with van der Waals surface area (Å²) in [6, 6.07) is 5.86. The number of carbonyl (C=O) groups is 1. The maximum Gasteiger partial charge on any atom is 0.276 e. The minimum atomic E-state index is -1.15. The van der Waals surface area contributed by atoms with Gasteiger partial charge in [-0.15, -0.1) is 0 Å². The van der Waals surface area contributed by atoms with Gasteiger partial charge in [0.15, 0.2) is 11.6 Å². The lowest BCUT2D eigenvalue weighted by Gasteiger charge is -2.07. The number of aryl methyl sites for hydroxylation is 1. The standard InChI is InChI=1S/C13H11F2N3O2/c1-2-18-11(19)7-6-10(17-18)13(20)16-9-5-3-4-8(14)12(9)15/h3-7H,2H2,1H3,(H,16,20). The first-order valence-electron chi connectivity index (χ1n) is 5.86. The number of aromatic nitrogens is 2. The average molecular weight is 279 g/mol. The molecule has 0 aliphatic rings. The molecule has 1 N–H and O–H groups in total. The van der Waals surface area contributed by atoms with Gasteiger partial charge < -0.3 is 5.32 Å². The van der Waals surface area contributed by atoms with E-state index >= 15 is 0 Å². The molecule has 2 rings (SSSR count). The van der Waals surface area contributed by atoms with E-state index < -0.39 is 17.5 Å². The molecule has 20 heavy (non-hydrogen) atoms. The summed E-state index contributed by atoms with van der Waals surface area (Å²) in [6.07, 6.45) is 0. The monoisotopic (exact) mass is 279 g/mol. The Hall–Kier alpha value is -2.57. The van der Waals surface area contributed by atoms with E-state index in [1.54, 1.807) is 6.92 Å². The van der Waals surface area contributed by atoms with Crippen molar-refractivity contribution in [2.75, 3.05) is 5.32 Å². The Balaban J connectivity index is 2.28. The number of hydrogen-bond donors (Lipinski definition) is 1. The van der Waals surface area contributed by atoms with Crippen molar-refractivity contribution in [3.8, 4) is 0 Å². The minimum absolute atomic E-state index is 0.0601. The van der Waals surface area contributed by atoms with Crippen LogP contribution < -0.4 is 10.9 Å². The van der Waals surface area contributed by atoms with E-state index in [-0.39, 0.29) is 16.9 Å². The summed E-state index contributed by atoms with van der Waals surface area (Å²) in [4.78, 5) is 23.2. The third-order valence-electron chi connectivity index (χ3n) is 2.60. The maximum absolute atomic E-state index is 13.4. The topological polar surface area (TPSA) is 64.0 Å². The van der Waals surface area contributed by atoms with E-state index in [1.165, 1.54) is 24.3 Å². The number of benzene rings is 1. The van der Waals surface area contributed by atoms with Crippen LogP contribution in [0.5, 0.6) is 0 Å². The van der Waals surface area contributed by atoms with E-state index in [9.17, 15) is 18.4 Å². The quantitative estimate of drug-likeness (QED) is 0.931. The van der Waals surface area contributed by atoms with Gasteiger partial charge >= 0.3 is 0 Å². The van der Waals surface area contributed by atoms with Crippen molar-refractivity contribution in [1.82, 2.24) is 9.78 Å². The number of hydrogen-bond acceptors (Lipinski definition) is 3. The number of rotatable bonds is 3. The summed E-state index contributed by atoms with van der Waals surface area (Å²) in [5, 5.41) is 6.02. The Kier molecular flexibility index (Phi) is 3.88. The van der Waals surface area contributed by atoms with Gasteiger partial charge in [0, 0.05) is 12.6 Å². The summed E-state index contributed by atoms with van der Waals surface area (Å²) in [5.74, 6) is -2.93. The van der Waals surface area contributed by atoms with Crippen LogP contribution >= 0.6 is 0 Å². The lowest BCUT2D eigenvalue weighted by Crippen LogP contribution is -2.25. The molecule has 1 amide bonds. The predicted molar refractivity (Wildman–Crippen MR) is 68.5 cm³/mol. The molecule has 0 unspecified atom stereocenters. The van der Waals surface area contributed by atoms with E-state index in [4.69, 9.17) is 0 Å². The first-order chi connectivity index (χ1) is 9.52. The molecule has 0 aliphatic carbocycles. The van der Waals surface area contributed by atoms with Crippen LogP contribution in [-0.4, -0.2) is 15.7 Å². The number of nitrogens with zero attached hydrogens (tertiary/aromatic N) is 2. The Labute approximate surface area is 112 Å². The van der Waals surface area contributed by atoms with Crippen LogP contribution in [0.25, 0.3) is 0 Å². The van der Waals surface area contributed by atoms with Crippen molar-refractivity contribution in [2.45, 2.75) is 13.5 Å². The van der Waals surface area contributed by atoms with Crippen LogP contribution in [0.1, 0.15) is 17.4 Å². The summed E-state index contributed by atoms with van der Waals surface area (Å²) in [7, 11) is 0. The molecule has 0 saturated heterocycles. The lowest BCUT2D eigenvalue weighted by atomic mass is 10.2. The lowest BCUT2D eigenvalue weighted by molar-refractivity contribution is 0.101. The van der Waals surface area contributed by atoms with Gasteiger partial charge in [-0.05, 0) is 25.1 Å². The van der Waals surface area contributed by atoms with Crippen molar-refractivity contribution < 1.29 is 13.6 Å². The highest BCUT2D eigenvalue weighted by Gasteiger charge is 2.14. The zero-order valence-corrected chi connectivity index (χ0v) is 10.6. The number of amides is 1. The first kappa shape index (κ1) is 13.9. The third kappa shape index (κ3) is 2.71. The normalized spacial score (nSPS) is 10.3. The van der Waals surface area contributed by atoms with Crippen molar-refractivity contribution >= 4 is 11.6 Å². The highest BCUT2D eigenvalue weighted by Crippen LogP contribution is 2.16. The molecule has 1 heterocycles. The molecule has 0 saturated carbocycles. The fourth-order valence-electron chi connectivity index (χ4n) is 1.58. The van der Waals surface area contributed by atoms with E-state index in [0.717, 1.165) is 10.7 Å². The van der Waals surface area contributed by atoms with Gasteiger partial charge in [-0.2, -0.15) is 5.10 Å². The third-order valence-corrected chi connectivity index (χ3v) is 2.60. The van der Waals surface area contributed by atoms with Gasteiger partial charge in [-0.1, -0.05) is 6.07 Å². The number of carbonyl (C=O) groups excluding carboxylic acids is 1. The van der Waals surface area contributed by atoms with Gasteiger partial charge in [-0.3, -0.25) is 9.59 Å². The van der Waals surface area contributed by atoms with Crippen LogP contribution in [0.3, 0.4) is 0 Å². The van der Waals surface area contributed by atoms with Crippen molar-refractivity contribution in [3.63, 3.8) is 0 Å². The molecule has 0 spiro atoms. The summed E-state index contributed by atoms with van der Waals surface area (Å²) >= 11 is 0. The number of nitrogens with one attached hydrogen (secondary N) is 1. The smallest absolute Gasteiger partial charge is 0.276 e. The molecule has 0 fully saturated rings. The van der Waals surface area contributed by atoms with Gasteiger partial charge in [0.1, 0.15) is 5.69 Å². The largest absolute Gasteiger partial charge is 0.318 e. The van der Waals surface area contributed by atoms with Gasteiger partial charge in [0.05, 0.1) is 5.69 Å². The van der Waals surface area contributed by atoms with Crippen molar-refractivity contribution in [3.05, 3.63) is 58.0 Å². The van der Waals surface area contributed by atoms with E-state index in [1.807, 2.05) is 0 Å². The molecule has 2 aromatic rings. The first-order valence-corrected chi connectivity index (χ1v) is 5.86. The van der Waals surface area contributed by atoms with Crippen molar-refractivity contribution in [1.29, 1.82) is 0 Å². The number of halogens is 2. The van der Waals surface area contributed by atoms with Crippen LogP contribution in [-0.2, 0) is 6.54 Å². The number of anilines is 1. The van der Waals surface area contributed by atoms with E-state index in [2.05, 4.69) is 10.4 Å². The van der Waals surface area contributed by atoms with Crippen LogP contribution in [0.4, 0.5) is 14.5 Å². The average Bonchev–Trinajstić information content (AvgIpc) is 2.44. The Morgan fingerprint density at radius 2 is 2.05 bits per heavy atom. The highest BCUT2D eigenvalue weighted by atomic mass is 19.2. The molecule has 0 atom stereocenters. The van der Waals surface area contributed by atoms with Gasteiger partial charge in [0.2, 0.25) is 0 Å². The SMILES string of the molecule is CCn1nc(C(=O)Nc2cccc(F)c2F)ccc1=O. The second-order valence-electron chi connectivity index (χ2n) is 3.93. The molecular weight excluding hydrogens is 268 g/mol. The van der Waals surface area contributed by atoms with Gasteiger partial charge in [0.25, 0.3) is 11.5 Å². The van der Waals surface area contributed by atoms with Crippen LogP contribution in [0.15, 0.2) is 35.1 Å². The summed E-state index contributed by atoms with van der Waals surface area (Å²) in [6.45, 7) is 2.00. The van der Waals surface area contributed by atoms with Crippen LogP contribution in [0, 0.1) is 11.6 Å². The Morgan fingerprint density at radius 3 is 2.75 bits per heavy atom. The van der Waals surface area contributed by atoms with Gasteiger partial charge in [-0.25, -0.2) is 13.5 Å². The zero-order chi connectivity index (χ0) is 14.7. The molecule has 1 aromatic heterocycles. The molecule has 1 aromatic carbocycles. The molecule has 0 aliphatic heterocycles. The molecule has 104 valence electrons. The fourth-order valence-corrected chi connectivity index (χ4v) is 1.58. The minimum Gasteiger partial charge on any atom is -0.318 e. The Morgan fingerprint density at radius 1 is 1.30 bits per heavy atom. The molecule has 0 bridgehead atoms. The summed E-state index contributed by atoms with van der Waals surface area (Å²) in [5.41, 5.74) is -0.692. The zero-order valence-electron chi connectivity index (χ0n) is 10.6. The van der Waals surface area contributed by atoms with Crippen molar-refractivity contribution in [2.24, 2.45) is 0 Å². The second-order valence-corrected chi connectivity index (χ2v) is 3.93. The molecule has 5 nitrogen and oxygen atoms in total. The molecule has 0 radical (unpaired) electrons. The van der Waals surface area contributed by atoms with Crippen LogP contribution in [0.2, 0.25) is 0 Å². The summed E-state index contributed by atoms with van der Waals surface area (Å²) < 4.78 is 27.5. The molecule has 7 heteroatoms. The second kappa shape index (κ2) is 5.60.